The van der Waals surface area contributed by atoms with Crippen molar-refractivity contribution < 1.29 is 4.79 Å². The number of Topliss-reactive ketones (excluding diaryl/α,β-unsaturated/α-hetero) is 1. The van der Waals surface area contributed by atoms with Gasteiger partial charge < -0.3 is 0 Å². The Labute approximate surface area is 150 Å². The molecule has 3 heteroatoms. The fourth-order valence-electron chi connectivity index (χ4n) is 2.89. The molecule has 0 aliphatic heterocycles. The van der Waals surface area contributed by atoms with Gasteiger partial charge in [0.2, 0.25) is 5.78 Å². The summed E-state index contributed by atoms with van der Waals surface area (Å²) in [6.45, 7) is 0. The second-order valence-electron chi connectivity index (χ2n) is 5.82. The summed E-state index contributed by atoms with van der Waals surface area (Å²) >= 11 is 5.85. The minimum atomic E-state index is -0.121. The van der Waals surface area contributed by atoms with Crippen LogP contribution in [0.1, 0.15) is 10.4 Å². The first-order valence-electron chi connectivity index (χ1n) is 7.96. The van der Waals surface area contributed by atoms with E-state index >= 15 is 0 Å². The van der Waals surface area contributed by atoms with Gasteiger partial charge in [-0.15, -0.1) is 0 Å². The summed E-state index contributed by atoms with van der Waals surface area (Å²) < 4.78 is 0. The van der Waals surface area contributed by atoms with Crippen LogP contribution in [0.5, 0.6) is 0 Å². The van der Waals surface area contributed by atoms with Gasteiger partial charge in [0.1, 0.15) is 0 Å². The Hall–Kier alpha value is -2.97. The van der Waals surface area contributed by atoms with Crippen LogP contribution >= 0.6 is 11.6 Å². The Morgan fingerprint density at radius 1 is 0.800 bits per heavy atom. The largest absolute Gasteiger partial charge is 0.288 e. The molecule has 120 valence electrons. The summed E-state index contributed by atoms with van der Waals surface area (Å²) in [6.07, 6.45) is 1.36. The van der Waals surface area contributed by atoms with E-state index in [1.165, 1.54) is 6.21 Å². The maximum atomic E-state index is 12.5. The molecule has 0 aliphatic carbocycles. The predicted octanol–water partition coefficient (Wildman–Crippen LogP) is 6.23. The van der Waals surface area contributed by atoms with Crippen molar-refractivity contribution in [2.75, 3.05) is 0 Å². The molecule has 0 atom stereocenters. The maximum Gasteiger partial charge on any atom is 0.204 e. The van der Waals surface area contributed by atoms with E-state index < -0.39 is 0 Å². The molecule has 0 heterocycles. The number of halogens is 1. The highest BCUT2D eigenvalue weighted by molar-refractivity contribution is 6.36. The molecule has 25 heavy (non-hydrogen) atoms. The first-order chi connectivity index (χ1) is 12.2. The molecule has 0 radical (unpaired) electrons. The Kier molecular flexibility index (Phi) is 4.04. The molecular weight excluding hydrogens is 330 g/mol. The fraction of sp³-hybridized carbons (Fsp3) is 0. The average molecular weight is 344 g/mol. The van der Waals surface area contributed by atoms with E-state index in [-0.39, 0.29) is 5.78 Å². The van der Waals surface area contributed by atoms with Gasteiger partial charge in [0.25, 0.3) is 0 Å². The van der Waals surface area contributed by atoms with E-state index in [4.69, 9.17) is 11.6 Å². The number of hydrogen-bond acceptors (Lipinski definition) is 2. The van der Waals surface area contributed by atoms with Crippen molar-refractivity contribution in [3.05, 3.63) is 89.4 Å². The quantitative estimate of drug-likeness (QED) is 0.246. The van der Waals surface area contributed by atoms with Crippen LogP contribution in [0.15, 0.2) is 83.9 Å². The highest BCUT2D eigenvalue weighted by Crippen LogP contribution is 2.26. The Morgan fingerprint density at radius 2 is 1.48 bits per heavy atom. The number of nitrogens with zero attached hydrogens (tertiary/aromatic N) is 1. The van der Waals surface area contributed by atoms with Crippen molar-refractivity contribution in [1.29, 1.82) is 0 Å². The van der Waals surface area contributed by atoms with Crippen LogP contribution in [0, 0.1) is 0 Å². The van der Waals surface area contributed by atoms with Crippen LogP contribution in [0.2, 0.25) is 5.02 Å². The molecule has 0 saturated heterocycles. The molecule has 4 aromatic rings. The Morgan fingerprint density at radius 3 is 2.28 bits per heavy atom. The number of ketones is 1. The summed E-state index contributed by atoms with van der Waals surface area (Å²) in [5, 5.41) is 5.14. The zero-order valence-electron chi connectivity index (χ0n) is 13.3. The van der Waals surface area contributed by atoms with Crippen molar-refractivity contribution >= 4 is 50.8 Å². The number of fused-ring (bicyclic) bond motifs is 3. The number of carbonyl (C=O) groups is 1. The first-order valence-corrected chi connectivity index (χ1v) is 8.34. The normalized spacial score (nSPS) is 11.4. The summed E-state index contributed by atoms with van der Waals surface area (Å²) in [5.41, 5.74) is 1.32. The van der Waals surface area contributed by atoms with Crippen molar-refractivity contribution in [2.45, 2.75) is 0 Å². The number of hydrogen-bond donors (Lipinski definition) is 0. The van der Waals surface area contributed by atoms with Gasteiger partial charge in [-0.1, -0.05) is 60.1 Å². The third-order valence-electron chi connectivity index (χ3n) is 4.19. The lowest BCUT2D eigenvalue weighted by Gasteiger charge is -2.05. The van der Waals surface area contributed by atoms with E-state index in [9.17, 15) is 4.79 Å². The molecule has 0 fully saturated rings. The Balaban J connectivity index is 1.72. The summed E-state index contributed by atoms with van der Waals surface area (Å²) in [5.74, 6) is -0.121. The topological polar surface area (TPSA) is 29.4 Å². The molecule has 0 saturated carbocycles. The van der Waals surface area contributed by atoms with Crippen LogP contribution in [0.3, 0.4) is 0 Å². The van der Waals surface area contributed by atoms with Crippen molar-refractivity contribution in [2.24, 2.45) is 4.99 Å². The van der Waals surface area contributed by atoms with Gasteiger partial charge in [0.05, 0.1) is 11.9 Å². The highest BCUT2D eigenvalue weighted by atomic mass is 35.5. The van der Waals surface area contributed by atoms with Crippen molar-refractivity contribution in [3.8, 4) is 0 Å². The minimum Gasteiger partial charge on any atom is -0.288 e. The third-order valence-corrected chi connectivity index (χ3v) is 4.44. The first kappa shape index (κ1) is 15.6. The number of benzene rings is 4. The number of carbonyl (C=O) groups excluding carboxylic acids is 1. The highest BCUT2D eigenvalue weighted by Gasteiger charge is 2.06. The summed E-state index contributed by atoms with van der Waals surface area (Å²) in [4.78, 5) is 16.7. The van der Waals surface area contributed by atoms with Gasteiger partial charge in [-0.25, -0.2) is 0 Å². The standard InChI is InChI=1S/C22H14ClNO/c23-18-9-11-19(12-10-18)24-14-22(25)17-8-7-16-6-5-15-3-1-2-4-20(15)21(16)13-17/h1-14H. The smallest absolute Gasteiger partial charge is 0.204 e. The molecule has 0 bridgehead atoms. The monoisotopic (exact) mass is 343 g/mol. The number of rotatable bonds is 3. The molecule has 0 spiro atoms. The van der Waals surface area contributed by atoms with Crippen LogP contribution < -0.4 is 0 Å². The van der Waals surface area contributed by atoms with Gasteiger partial charge in [0, 0.05) is 10.6 Å². The van der Waals surface area contributed by atoms with Crippen LogP contribution in [-0.4, -0.2) is 12.0 Å². The zero-order valence-corrected chi connectivity index (χ0v) is 14.1. The zero-order chi connectivity index (χ0) is 17.2. The average Bonchev–Trinajstić information content (AvgIpc) is 2.67. The van der Waals surface area contributed by atoms with Gasteiger partial charge in [0.15, 0.2) is 0 Å². The molecule has 0 amide bonds. The lowest BCUT2D eigenvalue weighted by Crippen LogP contribution is -1.99. The summed E-state index contributed by atoms with van der Waals surface area (Å²) in [6, 6.07) is 25.2. The molecule has 0 N–H and O–H groups in total. The van der Waals surface area contributed by atoms with E-state index in [0.717, 1.165) is 21.5 Å². The Bertz CT molecular complexity index is 1110. The third kappa shape index (κ3) is 3.17. The molecule has 0 aromatic heterocycles. The molecular formula is C22H14ClNO. The van der Waals surface area contributed by atoms with Gasteiger partial charge in [-0.2, -0.15) is 0 Å². The van der Waals surface area contributed by atoms with Crippen molar-refractivity contribution in [3.63, 3.8) is 0 Å². The molecule has 0 unspecified atom stereocenters. The van der Waals surface area contributed by atoms with E-state index in [1.807, 2.05) is 30.3 Å². The second-order valence-corrected chi connectivity index (χ2v) is 6.26. The molecule has 4 aromatic carbocycles. The number of aliphatic imine (C=N–C) groups is 1. The molecule has 4 rings (SSSR count). The lowest BCUT2D eigenvalue weighted by atomic mass is 9.99. The van der Waals surface area contributed by atoms with Crippen LogP contribution in [0.4, 0.5) is 5.69 Å². The van der Waals surface area contributed by atoms with E-state index in [1.54, 1.807) is 24.3 Å². The van der Waals surface area contributed by atoms with Crippen LogP contribution in [0.25, 0.3) is 21.5 Å². The van der Waals surface area contributed by atoms with Crippen molar-refractivity contribution in [1.82, 2.24) is 0 Å². The molecule has 0 aliphatic rings. The predicted molar refractivity (Wildman–Crippen MR) is 105 cm³/mol. The van der Waals surface area contributed by atoms with Gasteiger partial charge >= 0.3 is 0 Å². The van der Waals surface area contributed by atoms with Gasteiger partial charge in [-0.05, 0) is 51.9 Å². The summed E-state index contributed by atoms with van der Waals surface area (Å²) in [7, 11) is 0. The SMILES string of the molecule is O=C(C=Nc1ccc(Cl)cc1)c1ccc2ccc3ccccc3c2c1. The fourth-order valence-corrected chi connectivity index (χ4v) is 3.02. The van der Waals surface area contributed by atoms with Gasteiger partial charge in [-0.3, -0.25) is 9.79 Å². The second kappa shape index (κ2) is 6.50. The minimum absolute atomic E-state index is 0.121. The van der Waals surface area contributed by atoms with E-state index in [0.29, 0.717) is 16.3 Å². The maximum absolute atomic E-state index is 12.5. The van der Waals surface area contributed by atoms with E-state index in [2.05, 4.69) is 29.3 Å². The van der Waals surface area contributed by atoms with Crippen LogP contribution in [-0.2, 0) is 0 Å². The molecule has 2 nitrogen and oxygen atoms in total. The lowest BCUT2D eigenvalue weighted by molar-refractivity contribution is 0.107.